The zero-order valence-electron chi connectivity index (χ0n) is 20.8. The summed E-state index contributed by atoms with van der Waals surface area (Å²) in [5.74, 6) is -0.128. The monoisotopic (exact) mass is 702 g/mol. The predicted octanol–water partition coefficient (Wildman–Crippen LogP) is 5.97. The zero-order chi connectivity index (χ0) is 24.2. The van der Waals surface area contributed by atoms with Crippen LogP contribution in [0.5, 0.6) is 0 Å². The van der Waals surface area contributed by atoms with Gasteiger partial charge in [0.05, 0.1) is 0 Å². The first-order chi connectivity index (χ1) is 16.3. The van der Waals surface area contributed by atoms with Gasteiger partial charge in [0.25, 0.3) is 5.91 Å². The SMILES string of the molecule is CN(C[C@@H](CCN1CC(N2CCC(N)CC2)C1)c1ccc(F)cc1)C(=O)c1cc(Br)cc(Br)c1.Cl.Cl.Cl. The van der Waals surface area contributed by atoms with Crippen molar-refractivity contribution in [2.45, 2.75) is 37.3 Å². The highest BCUT2D eigenvalue weighted by Gasteiger charge is 2.33. The molecule has 5 nitrogen and oxygen atoms in total. The van der Waals surface area contributed by atoms with Crippen LogP contribution in [0.2, 0.25) is 0 Å². The Morgan fingerprint density at radius 2 is 1.62 bits per heavy atom. The van der Waals surface area contributed by atoms with E-state index in [1.165, 1.54) is 12.1 Å². The molecule has 0 radical (unpaired) electrons. The summed E-state index contributed by atoms with van der Waals surface area (Å²) in [7, 11) is 1.84. The predicted molar refractivity (Wildman–Crippen MR) is 163 cm³/mol. The van der Waals surface area contributed by atoms with Crippen LogP contribution in [-0.4, -0.2) is 79.0 Å². The number of rotatable bonds is 8. The third-order valence-corrected chi connectivity index (χ3v) is 8.03. The van der Waals surface area contributed by atoms with Crippen molar-refractivity contribution in [3.8, 4) is 0 Å². The van der Waals surface area contributed by atoms with Crippen LogP contribution in [0.25, 0.3) is 0 Å². The third kappa shape index (κ3) is 9.60. The van der Waals surface area contributed by atoms with E-state index < -0.39 is 0 Å². The van der Waals surface area contributed by atoms with Gasteiger partial charge in [-0.05, 0) is 61.7 Å². The maximum absolute atomic E-state index is 13.6. The van der Waals surface area contributed by atoms with Gasteiger partial charge in [-0.3, -0.25) is 9.69 Å². The number of amides is 1. The van der Waals surface area contributed by atoms with Crippen molar-refractivity contribution in [2.24, 2.45) is 5.73 Å². The fourth-order valence-electron chi connectivity index (χ4n) is 4.99. The summed E-state index contributed by atoms with van der Waals surface area (Å²) in [6.07, 6.45) is 3.11. The van der Waals surface area contributed by atoms with Crippen molar-refractivity contribution in [2.75, 3.05) is 46.3 Å². The Labute approximate surface area is 255 Å². The van der Waals surface area contributed by atoms with Crippen molar-refractivity contribution in [3.05, 3.63) is 68.4 Å². The average molecular weight is 706 g/mol. The minimum atomic E-state index is -0.238. The lowest BCUT2D eigenvalue weighted by molar-refractivity contribution is 0.0188. The van der Waals surface area contributed by atoms with Gasteiger partial charge in [-0.15, -0.1) is 37.2 Å². The Morgan fingerprint density at radius 3 is 2.19 bits per heavy atom. The fraction of sp³-hybridized carbons (Fsp3) is 0.500. The second kappa shape index (κ2) is 16.0. The number of nitrogens with two attached hydrogens (primary N) is 1. The topological polar surface area (TPSA) is 52.8 Å². The lowest BCUT2D eigenvalue weighted by atomic mass is 9.93. The van der Waals surface area contributed by atoms with Gasteiger partial charge in [-0.25, -0.2) is 4.39 Å². The molecule has 208 valence electrons. The summed E-state index contributed by atoms with van der Waals surface area (Å²) in [5.41, 5.74) is 7.75. The quantitative estimate of drug-likeness (QED) is 0.368. The van der Waals surface area contributed by atoms with Gasteiger partial charge in [0.2, 0.25) is 0 Å². The number of likely N-dealkylation sites (N-methyl/N-ethyl adjacent to an activating group) is 1. The maximum atomic E-state index is 13.6. The van der Waals surface area contributed by atoms with Crippen LogP contribution < -0.4 is 5.73 Å². The van der Waals surface area contributed by atoms with Gasteiger partial charge in [-0.2, -0.15) is 0 Å². The molecule has 2 aromatic rings. The number of halogens is 6. The number of carbonyl (C=O) groups excluding carboxylic acids is 1. The molecule has 0 aliphatic carbocycles. The van der Waals surface area contributed by atoms with Crippen LogP contribution in [-0.2, 0) is 0 Å². The van der Waals surface area contributed by atoms with E-state index >= 15 is 0 Å². The molecule has 2 fully saturated rings. The van der Waals surface area contributed by atoms with Gasteiger partial charge in [-0.1, -0.05) is 44.0 Å². The summed E-state index contributed by atoms with van der Waals surface area (Å²) < 4.78 is 15.3. The molecule has 11 heteroatoms. The minimum absolute atomic E-state index is 0. The molecule has 0 saturated carbocycles. The summed E-state index contributed by atoms with van der Waals surface area (Å²) in [4.78, 5) is 20.0. The second-order valence-corrected chi connectivity index (χ2v) is 11.5. The number of likely N-dealkylation sites (tertiary alicyclic amines) is 2. The molecule has 2 heterocycles. The molecule has 0 spiro atoms. The highest BCUT2D eigenvalue weighted by molar-refractivity contribution is 9.11. The van der Waals surface area contributed by atoms with E-state index in [4.69, 9.17) is 5.73 Å². The van der Waals surface area contributed by atoms with Crippen LogP contribution in [0.1, 0.15) is 41.1 Å². The number of benzene rings is 2. The van der Waals surface area contributed by atoms with E-state index in [1.807, 2.05) is 37.4 Å². The molecule has 1 atom stereocenters. The fourth-order valence-corrected chi connectivity index (χ4v) is 6.28. The summed E-state index contributed by atoms with van der Waals surface area (Å²) in [6, 6.07) is 13.3. The summed E-state index contributed by atoms with van der Waals surface area (Å²) in [5, 5.41) is 0. The molecular formula is C26H36Br2Cl3FN4O. The van der Waals surface area contributed by atoms with E-state index in [0.29, 0.717) is 24.2 Å². The molecule has 1 amide bonds. The van der Waals surface area contributed by atoms with Crippen molar-refractivity contribution in [3.63, 3.8) is 0 Å². The van der Waals surface area contributed by atoms with Gasteiger partial charge in [0.15, 0.2) is 0 Å². The van der Waals surface area contributed by atoms with Gasteiger partial charge in [0.1, 0.15) is 5.82 Å². The first kappa shape index (κ1) is 34.6. The van der Waals surface area contributed by atoms with Crippen molar-refractivity contribution in [1.29, 1.82) is 0 Å². The largest absolute Gasteiger partial charge is 0.341 e. The lowest BCUT2D eigenvalue weighted by Gasteiger charge is -2.47. The molecule has 4 rings (SSSR count). The van der Waals surface area contributed by atoms with Gasteiger partial charge in [0, 0.05) is 72.3 Å². The van der Waals surface area contributed by atoms with Crippen molar-refractivity contribution >= 4 is 75.0 Å². The molecule has 2 aliphatic heterocycles. The molecule has 37 heavy (non-hydrogen) atoms. The van der Waals surface area contributed by atoms with E-state index in [-0.39, 0.29) is 54.9 Å². The van der Waals surface area contributed by atoms with E-state index in [9.17, 15) is 9.18 Å². The highest BCUT2D eigenvalue weighted by Crippen LogP contribution is 2.26. The van der Waals surface area contributed by atoms with Crippen molar-refractivity contribution < 1.29 is 9.18 Å². The molecule has 2 aromatic carbocycles. The Bertz CT molecular complexity index is 970. The molecule has 2 saturated heterocycles. The minimum Gasteiger partial charge on any atom is -0.341 e. The van der Waals surface area contributed by atoms with Gasteiger partial charge >= 0.3 is 0 Å². The molecule has 2 N–H and O–H groups in total. The first-order valence-electron chi connectivity index (χ1n) is 12.0. The van der Waals surface area contributed by atoms with Crippen LogP contribution in [0.4, 0.5) is 4.39 Å². The van der Waals surface area contributed by atoms with Crippen LogP contribution in [0.3, 0.4) is 0 Å². The Kier molecular flexibility index (Phi) is 14.9. The number of hydrogen-bond acceptors (Lipinski definition) is 4. The highest BCUT2D eigenvalue weighted by atomic mass is 79.9. The summed E-state index contributed by atoms with van der Waals surface area (Å²) in [6.45, 7) is 5.94. The zero-order valence-corrected chi connectivity index (χ0v) is 26.4. The third-order valence-electron chi connectivity index (χ3n) is 7.11. The molecule has 0 aromatic heterocycles. The summed E-state index contributed by atoms with van der Waals surface area (Å²) >= 11 is 6.93. The van der Waals surface area contributed by atoms with Gasteiger partial charge < -0.3 is 15.5 Å². The smallest absolute Gasteiger partial charge is 0.253 e. The second-order valence-electron chi connectivity index (χ2n) is 9.67. The van der Waals surface area contributed by atoms with E-state index in [1.54, 1.807) is 4.90 Å². The van der Waals surface area contributed by atoms with E-state index in [2.05, 4.69) is 41.7 Å². The number of nitrogens with zero attached hydrogens (tertiary/aromatic N) is 3. The number of piperidine rings is 1. The lowest BCUT2D eigenvalue weighted by Crippen LogP contribution is -2.61. The first-order valence-corrected chi connectivity index (χ1v) is 13.6. The number of carbonyl (C=O) groups is 1. The van der Waals surface area contributed by atoms with Crippen LogP contribution in [0.15, 0.2) is 51.4 Å². The standard InChI is InChI=1S/C26H33Br2FN4O.3ClH/c1-31(26(34)20-12-21(27)14-22(28)13-20)15-19(18-2-4-23(29)5-3-18)6-9-32-16-25(17-32)33-10-7-24(30)8-11-33;;;/h2-5,12-14,19,24-25H,6-11,15-17,30H2,1H3;3*1H/t19-;;;/m1.../s1. The Hall–Kier alpha value is -0.450. The molecule has 0 bridgehead atoms. The van der Waals surface area contributed by atoms with E-state index in [0.717, 1.165) is 66.5 Å². The molecule has 0 unspecified atom stereocenters. The Morgan fingerprint density at radius 1 is 1.05 bits per heavy atom. The van der Waals surface area contributed by atoms with Crippen LogP contribution >= 0.6 is 69.1 Å². The Balaban J connectivity index is 0.00000228. The number of hydrogen-bond donors (Lipinski definition) is 1. The maximum Gasteiger partial charge on any atom is 0.253 e. The molecular weight excluding hydrogens is 669 g/mol. The average Bonchev–Trinajstić information content (AvgIpc) is 2.77. The normalized spacial score (nSPS) is 17.5. The molecule has 2 aliphatic rings. The van der Waals surface area contributed by atoms with Crippen LogP contribution in [0, 0.1) is 5.82 Å². The van der Waals surface area contributed by atoms with Crippen molar-refractivity contribution in [1.82, 2.24) is 14.7 Å².